The molecular weight excluding hydrogens is 368 g/mol. The number of anilines is 1. The van der Waals surface area contributed by atoms with Gasteiger partial charge in [-0.25, -0.2) is 0 Å². The summed E-state index contributed by atoms with van der Waals surface area (Å²) >= 11 is 0. The summed E-state index contributed by atoms with van der Waals surface area (Å²) in [5.41, 5.74) is 3.57. The van der Waals surface area contributed by atoms with Crippen LogP contribution in [0.4, 0.5) is 5.69 Å². The summed E-state index contributed by atoms with van der Waals surface area (Å²) in [6.07, 6.45) is 1.59. The van der Waals surface area contributed by atoms with Gasteiger partial charge >= 0.3 is 0 Å². The third-order valence-corrected chi connectivity index (χ3v) is 5.77. The van der Waals surface area contributed by atoms with Crippen LogP contribution in [0.5, 0.6) is 0 Å². The number of fused-ring (bicyclic) bond motifs is 1. The van der Waals surface area contributed by atoms with Gasteiger partial charge in [-0.1, -0.05) is 20.8 Å². The fourth-order valence-electron chi connectivity index (χ4n) is 3.94. The maximum absolute atomic E-state index is 12.9. The molecule has 1 fully saturated rings. The number of amides is 2. The van der Waals surface area contributed by atoms with Crippen molar-refractivity contribution in [2.45, 2.75) is 45.4 Å². The van der Waals surface area contributed by atoms with Crippen molar-refractivity contribution in [2.75, 3.05) is 18.4 Å². The van der Waals surface area contributed by atoms with Gasteiger partial charge in [0.05, 0.1) is 6.42 Å². The Labute approximate surface area is 169 Å². The van der Waals surface area contributed by atoms with Gasteiger partial charge in [0.15, 0.2) is 5.78 Å². The fraction of sp³-hybridized carbons (Fsp3) is 0.455. The first kappa shape index (κ1) is 19.4. The number of nitrogens with one attached hydrogen (secondary N) is 2. The van der Waals surface area contributed by atoms with Crippen LogP contribution >= 0.6 is 0 Å². The summed E-state index contributed by atoms with van der Waals surface area (Å²) in [7, 11) is 0. The summed E-state index contributed by atoms with van der Waals surface area (Å²) < 4.78 is 0. The number of hydrogen-bond donors (Lipinski definition) is 2. The summed E-state index contributed by atoms with van der Waals surface area (Å²) in [5, 5.41) is 9.92. The lowest BCUT2D eigenvalue weighted by atomic mass is 9.88. The van der Waals surface area contributed by atoms with Crippen molar-refractivity contribution in [1.82, 2.24) is 15.1 Å². The molecule has 152 valence electrons. The lowest BCUT2D eigenvalue weighted by Gasteiger charge is -2.31. The second kappa shape index (κ2) is 7.13. The highest BCUT2D eigenvalue weighted by atomic mass is 16.2. The SMILES string of the molecule is CC(C)(C)c1cc(C(=O)N2CCC(C(=O)c3ccc4c(c3)CC(=O)N4)CC2)n[nH]1. The van der Waals surface area contributed by atoms with Crippen LogP contribution in [0.25, 0.3) is 0 Å². The van der Waals surface area contributed by atoms with Crippen LogP contribution in [-0.2, 0) is 16.6 Å². The molecule has 2 aliphatic heterocycles. The zero-order valence-electron chi connectivity index (χ0n) is 17.0. The molecule has 0 saturated carbocycles. The Hall–Kier alpha value is -2.96. The minimum Gasteiger partial charge on any atom is -0.337 e. The average Bonchev–Trinajstić information content (AvgIpc) is 3.32. The van der Waals surface area contributed by atoms with E-state index in [2.05, 4.69) is 36.3 Å². The minimum absolute atomic E-state index is 0.0376. The van der Waals surface area contributed by atoms with E-state index in [1.165, 1.54) is 0 Å². The van der Waals surface area contributed by atoms with E-state index < -0.39 is 0 Å². The number of H-pyrrole nitrogens is 1. The van der Waals surface area contributed by atoms with Crippen molar-refractivity contribution < 1.29 is 14.4 Å². The summed E-state index contributed by atoms with van der Waals surface area (Å²) in [6.45, 7) is 7.28. The van der Waals surface area contributed by atoms with E-state index in [-0.39, 0.29) is 28.9 Å². The second-order valence-electron chi connectivity index (χ2n) is 8.94. The molecule has 1 aromatic carbocycles. The van der Waals surface area contributed by atoms with Crippen LogP contribution in [0.15, 0.2) is 24.3 Å². The Morgan fingerprint density at radius 2 is 1.86 bits per heavy atom. The van der Waals surface area contributed by atoms with Crippen LogP contribution in [0.3, 0.4) is 0 Å². The average molecular weight is 394 g/mol. The van der Waals surface area contributed by atoms with Gasteiger partial charge in [0.25, 0.3) is 5.91 Å². The Balaban J connectivity index is 1.38. The second-order valence-corrected chi connectivity index (χ2v) is 8.94. The minimum atomic E-state index is -0.105. The van der Waals surface area contributed by atoms with Gasteiger partial charge in [-0.3, -0.25) is 19.5 Å². The Morgan fingerprint density at radius 3 is 2.52 bits per heavy atom. The topological polar surface area (TPSA) is 95.2 Å². The molecule has 7 heteroatoms. The van der Waals surface area contributed by atoms with Crippen molar-refractivity contribution >= 4 is 23.3 Å². The fourth-order valence-corrected chi connectivity index (χ4v) is 3.94. The van der Waals surface area contributed by atoms with Gasteiger partial charge in [-0.05, 0) is 42.7 Å². The van der Waals surface area contributed by atoms with E-state index in [1.807, 2.05) is 12.1 Å². The quantitative estimate of drug-likeness (QED) is 0.783. The molecule has 0 bridgehead atoms. The number of Topliss-reactive ketones (excluding diaryl/α,β-unsaturated/α-hetero) is 1. The van der Waals surface area contributed by atoms with E-state index in [1.54, 1.807) is 17.0 Å². The number of aromatic nitrogens is 2. The Morgan fingerprint density at radius 1 is 1.14 bits per heavy atom. The highest BCUT2D eigenvalue weighted by Gasteiger charge is 2.30. The van der Waals surface area contributed by atoms with Gasteiger partial charge in [0.1, 0.15) is 5.69 Å². The molecule has 0 aliphatic carbocycles. The van der Waals surface area contributed by atoms with E-state index in [9.17, 15) is 14.4 Å². The molecule has 3 heterocycles. The third-order valence-electron chi connectivity index (χ3n) is 5.77. The van der Waals surface area contributed by atoms with Crippen molar-refractivity contribution in [3.63, 3.8) is 0 Å². The number of carbonyl (C=O) groups is 3. The number of carbonyl (C=O) groups excluding carboxylic acids is 3. The molecule has 0 atom stereocenters. The first-order chi connectivity index (χ1) is 13.7. The number of nitrogens with zero attached hydrogens (tertiary/aromatic N) is 2. The number of hydrogen-bond acceptors (Lipinski definition) is 4. The molecule has 4 rings (SSSR count). The van der Waals surface area contributed by atoms with Gasteiger partial charge in [-0.15, -0.1) is 0 Å². The van der Waals surface area contributed by atoms with Gasteiger partial charge in [0, 0.05) is 41.4 Å². The van der Waals surface area contributed by atoms with Gasteiger partial charge < -0.3 is 10.2 Å². The highest BCUT2D eigenvalue weighted by Crippen LogP contribution is 2.28. The van der Waals surface area contributed by atoms with Crippen LogP contribution in [0, 0.1) is 5.92 Å². The van der Waals surface area contributed by atoms with Crippen LogP contribution in [-0.4, -0.2) is 45.8 Å². The molecule has 2 aliphatic rings. The largest absolute Gasteiger partial charge is 0.337 e. The number of likely N-dealkylation sites (tertiary alicyclic amines) is 1. The van der Waals surface area contributed by atoms with Crippen LogP contribution < -0.4 is 5.32 Å². The van der Waals surface area contributed by atoms with Gasteiger partial charge in [-0.2, -0.15) is 5.10 Å². The summed E-state index contributed by atoms with van der Waals surface area (Å²) in [5.74, 6) is -0.144. The molecule has 1 aromatic heterocycles. The molecule has 0 unspecified atom stereocenters. The highest BCUT2D eigenvalue weighted by molar-refractivity contribution is 6.03. The first-order valence-electron chi connectivity index (χ1n) is 10.0. The zero-order valence-corrected chi connectivity index (χ0v) is 17.0. The number of aromatic amines is 1. The zero-order chi connectivity index (χ0) is 20.8. The Kier molecular flexibility index (Phi) is 4.76. The van der Waals surface area contributed by atoms with Crippen molar-refractivity contribution in [3.05, 3.63) is 46.8 Å². The van der Waals surface area contributed by atoms with Crippen molar-refractivity contribution in [3.8, 4) is 0 Å². The molecule has 0 radical (unpaired) electrons. The lowest BCUT2D eigenvalue weighted by molar-refractivity contribution is -0.115. The van der Waals surface area contributed by atoms with E-state index in [4.69, 9.17) is 0 Å². The standard InChI is InChI=1S/C22H26N4O3/c1-22(2,3)18-12-17(24-25-18)21(29)26-8-6-13(7-9-26)20(28)14-4-5-16-15(10-14)11-19(27)23-16/h4-5,10,12-13H,6-9,11H2,1-3H3,(H,23,27)(H,24,25). The smallest absolute Gasteiger partial charge is 0.274 e. The Bertz CT molecular complexity index is 978. The lowest BCUT2D eigenvalue weighted by Crippen LogP contribution is -2.40. The maximum atomic E-state index is 12.9. The number of rotatable bonds is 3. The van der Waals surface area contributed by atoms with Crippen molar-refractivity contribution in [1.29, 1.82) is 0 Å². The molecular formula is C22H26N4O3. The number of ketones is 1. The molecule has 2 N–H and O–H groups in total. The van der Waals surface area contributed by atoms with E-state index in [0.29, 0.717) is 43.6 Å². The van der Waals surface area contributed by atoms with Crippen LogP contribution in [0.2, 0.25) is 0 Å². The normalized spacial score (nSPS) is 17.2. The van der Waals surface area contributed by atoms with E-state index in [0.717, 1.165) is 16.9 Å². The first-order valence-corrected chi connectivity index (χ1v) is 10.0. The number of benzene rings is 1. The molecule has 29 heavy (non-hydrogen) atoms. The van der Waals surface area contributed by atoms with E-state index >= 15 is 0 Å². The maximum Gasteiger partial charge on any atom is 0.274 e. The number of piperidine rings is 1. The molecule has 2 aromatic rings. The van der Waals surface area contributed by atoms with Crippen LogP contribution in [0.1, 0.15) is 65.7 Å². The predicted octanol–water partition coefficient (Wildman–Crippen LogP) is 2.94. The van der Waals surface area contributed by atoms with Crippen molar-refractivity contribution in [2.24, 2.45) is 5.92 Å². The molecule has 2 amide bonds. The third kappa shape index (κ3) is 3.81. The molecule has 0 spiro atoms. The predicted molar refractivity (Wildman–Crippen MR) is 109 cm³/mol. The molecule has 7 nitrogen and oxygen atoms in total. The molecule has 1 saturated heterocycles. The summed E-state index contributed by atoms with van der Waals surface area (Å²) in [6, 6.07) is 7.23. The monoisotopic (exact) mass is 394 g/mol. The van der Waals surface area contributed by atoms with Gasteiger partial charge in [0.2, 0.25) is 5.91 Å². The summed E-state index contributed by atoms with van der Waals surface area (Å²) in [4.78, 5) is 39.0.